The zero-order chi connectivity index (χ0) is 13.8. The molecule has 3 rings (SSSR count). The monoisotopic (exact) mass is 271 g/mol. The van der Waals surface area contributed by atoms with E-state index in [1.165, 1.54) is 24.0 Å². The first-order valence-electron chi connectivity index (χ1n) is 7.23. The SMILES string of the molecule is Cn1cc(CCOc2ccccc2CNC2CC2)cn1. The number of ether oxygens (including phenoxy) is 1. The Morgan fingerprint density at radius 2 is 2.20 bits per heavy atom. The first kappa shape index (κ1) is 13.2. The van der Waals surface area contributed by atoms with E-state index in [0.29, 0.717) is 6.61 Å². The maximum Gasteiger partial charge on any atom is 0.123 e. The van der Waals surface area contributed by atoms with Gasteiger partial charge in [0.15, 0.2) is 0 Å². The minimum absolute atomic E-state index is 0.687. The number of aryl methyl sites for hydroxylation is 1. The zero-order valence-corrected chi connectivity index (χ0v) is 11.9. The van der Waals surface area contributed by atoms with E-state index in [9.17, 15) is 0 Å². The molecular weight excluding hydrogens is 250 g/mol. The molecule has 1 aliphatic carbocycles. The number of hydrogen-bond acceptors (Lipinski definition) is 3. The minimum atomic E-state index is 0.687. The topological polar surface area (TPSA) is 39.1 Å². The summed E-state index contributed by atoms with van der Waals surface area (Å²) in [6.45, 7) is 1.58. The molecule has 4 heteroatoms. The number of aromatic nitrogens is 2. The van der Waals surface area contributed by atoms with Crippen molar-refractivity contribution in [1.82, 2.24) is 15.1 Å². The summed E-state index contributed by atoms with van der Waals surface area (Å²) in [7, 11) is 1.93. The van der Waals surface area contributed by atoms with Crippen LogP contribution in [0.3, 0.4) is 0 Å². The van der Waals surface area contributed by atoms with E-state index in [0.717, 1.165) is 24.8 Å². The van der Waals surface area contributed by atoms with Gasteiger partial charge in [-0.2, -0.15) is 5.10 Å². The van der Waals surface area contributed by atoms with Crippen molar-refractivity contribution >= 4 is 0 Å². The molecular formula is C16H21N3O. The smallest absolute Gasteiger partial charge is 0.123 e. The summed E-state index contributed by atoms with van der Waals surface area (Å²) in [5.74, 6) is 0.990. The summed E-state index contributed by atoms with van der Waals surface area (Å²) < 4.78 is 7.75. The molecule has 1 aromatic heterocycles. The Labute approximate surface area is 119 Å². The van der Waals surface area contributed by atoms with E-state index in [-0.39, 0.29) is 0 Å². The molecule has 1 fully saturated rings. The minimum Gasteiger partial charge on any atom is -0.493 e. The Balaban J connectivity index is 1.53. The molecule has 1 aromatic carbocycles. The molecule has 1 N–H and O–H groups in total. The summed E-state index contributed by atoms with van der Waals surface area (Å²) in [5.41, 5.74) is 2.45. The third-order valence-corrected chi connectivity index (χ3v) is 3.54. The molecule has 2 aromatic rings. The van der Waals surface area contributed by atoms with Crippen molar-refractivity contribution in [2.45, 2.75) is 31.8 Å². The number of nitrogens with one attached hydrogen (secondary N) is 1. The second kappa shape index (κ2) is 6.09. The van der Waals surface area contributed by atoms with Crippen LogP contribution in [0.2, 0.25) is 0 Å². The molecule has 0 saturated heterocycles. The molecule has 0 aliphatic heterocycles. The van der Waals surface area contributed by atoms with Gasteiger partial charge in [-0.15, -0.1) is 0 Å². The van der Waals surface area contributed by atoms with Gasteiger partial charge in [-0.25, -0.2) is 0 Å². The Kier molecular flexibility index (Phi) is 4.02. The molecule has 106 valence electrons. The number of para-hydroxylation sites is 1. The first-order valence-corrected chi connectivity index (χ1v) is 7.23. The third-order valence-electron chi connectivity index (χ3n) is 3.54. The highest BCUT2D eigenvalue weighted by atomic mass is 16.5. The van der Waals surface area contributed by atoms with Crippen LogP contribution in [0.1, 0.15) is 24.0 Å². The second-order valence-corrected chi connectivity index (χ2v) is 5.38. The van der Waals surface area contributed by atoms with Gasteiger partial charge in [0.2, 0.25) is 0 Å². The third kappa shape index (κ3) is 3.61. The number of benzene rings is 1. The molecule has 20 heavy (non-hydrogen) atoms. The van der Waals surface area contributed by atoms with Crippen molar-refractivity contribution in [3.8, 4) is 5.75 Å². The van der Waals surface area contributed by atoms with Gasteiger partial charge in [0, 0.05) is 37.8 Å². The second-order valence-electron chi connectivity index (χ2n) is 5.38. The highest BCUT2D eigenvalue weighted by Crippen LogP contribution is 2.22. The van der Waals surface area contributed by atoms with Crippen LogP contribution in [0.4, 0.5) is 0 Å². The average molecular weight is 271 g/mol. The number of rotatable bonds is 7. The van der Waals surface area contributed by atoms with E-state index in [1.54, 1.807) is 0 Å². The Hall–Kier alpha value is -1.81. The van der Waals surface area contributed by atoms with Crippen LogP contribution in [0.15, 0.2) is 36.7 Å². The van der Waals surface area contributed by atoms with Crippen LogP contribution in [0, 0.1) is 0 Å². The first-order chi connectivity index (χ1) is 9.81. The lowest BCUT2D eigenvalue weighted by molar-refractivity contribution is 0.317. The van der Waals surface area contributed by atoms with Gasteiger partial charge in [-0.05, 0) is 24.5 Å². The molecule has 1 saturated carbocycles. The average Bonchev–Trinajstić information content (AvgIpc) is 3.20. The fourth-order valence-electron chi connectivity index (χ4n) is 2.21. The van der Waals surface area contributed by atoms with Gasteiger partial charge >= 0.3 is 0 Å². The van der Waals surface area contributed by atoms with Gasteiger partial charge in [0.25, 0.3) is 0 Å². The van der Waals surface area contributed by atoms with Crippen LogP contribution >= 0.6 is 0 Å². The Morgan fingerprint density at radius 1 is 1.35 bits per heavy atom. The summed E-state index contributed by atoms with van der Waals surface area (Å²) >= 11 is 0. The lowest BCUT2D eigenvalue weighted by atomic mass is 10.2. The molecule has 0 unspecified atom stereocenters. The van der Waals surface area contributed by atoms with E-state index in [2.05, 4.69) is 22.5 Å². The lowest BCUT2D eigenvalue weighted by Gasteiger charge is -2.11. The quantitative estimate of drug-likeness (QED) is 0.840. The highest BCUT2D eigenvalue weighted by Gasteiger charge is 2.20. The molecule has 1 heterocycles. The van der Waals surface area contributed by atoms with Gasteiger partial charge in [0.1, 0.15) is 5.75 Å². The molecule has 0 bridgehead atoms. The maximum atomic E-state index is 5.93. The summed E-state index contributed by atoms with van der Waals surface area (Å²) in [6, 6.07) is 9.00. The molecule has 0 radical (unpaired) electrons. The number of hydrogen-bond donors (Lipinski definition) is 1. The van der Waals surface area contributed by atoms with Crippen molar-refractivity contribution in [3.63, 3.8) is 0 Å². The van der Waals surface area contributed by atoms with E-state index in [4.69, 9.17) is 4.74 Å². The molecule has 1 aliphatic rings. The van der Waals surface area contributed by atoms with Crippen LogP contribution in [0.25, 0.3) is 0 Å². The predicted molar refractivity (Wildman–Crippen MR) is 78.7 cm³/mol. The predicted octanol–water partition coefficient (Wildman–Crippen LogP) is 2.29. The fraction of sp³-hybridized carbons (Fsp3) is 0.438. The van der Waals surface area contributed by atoms with Gasteiger partial charge in [0.05, 0.1) is 12.8 Å². The van der Waals surface area contributed by atoms with Crippen molar-refractivity contribution in [2.75, 3.05) is 6.61 Å². The van der Waals surface area contributed by atoms with Crippen molar-refractivity contribution < 1.29 is 4.74 Å². The van der Waals surface area contributed by atoms with Crippen LogP contribution in [-0.4, -0.2) is 22.4 Å². The van der Waals surface area contributed by atoms with E-state index < -0.39 is 0 Å². The lowest BCUT2D eigenvalue weighted by Crippen LogP contribution is -2.16. The molecule has 0 atom stereocenters. The number of nitrogens with zero attached hydrogens (tertiary/aromatic N) is 2. The summed E-state index contributed by atoms with van der Waals surface area (Å²) in [6.07, 6.45) is 7.43. The van der Waals surface area contributed by atoms with Crippen molar-refractivity contribution in [2.24, 2.45) is 7.05 Å². The Morgan fingerprint density at radius 3 is 2.95 bits per heavy atom. The fourth-order valence-corrected chi connectivity index (χ4v) is 2.21. The van der Waals surface area contributed by atoms with Crippen molar-refractivity contribution in [3.05, 3.63) is 47.8 Å². The van der Waals surface area contributed by atoms with Gasteiger partial charge < -0.3 is 10.1 Å². The van der Waals surface area contributed by atoms with Crippen LogP contribution in [0.5, 0.6) is 5.75 Å². The van der Waals surface area contributed by atoms with Crippen LogP contribution in [-0.2, 0) is 20.0 Å². The van der Waals surface area contributed by atoms with Crippen molar-refractivity contribution in [1.29, 1.82) is 0 Å². The van der Waals surface area contributed by atoms with Gasteiger partial charge in [-0.3, -0.25) is 4.68 Å². The van der Waals surface area contributed by atoms with E-state index in [1.807, 2.05) is 36.3 Å². The van der Waals surface area contributed by atoms with Crippen LogP contribution < -0.4 is 10.1 Å². The molecule has 0 amide bonds. The highest BCUT2D eigenvalue weighted by molar-refractivity contribution is 5.33. The molecule has 4 nitrogen and oxygen atoms in total. The van der Waals surface area contributed by atoms with E-state index >= 15 is 0 Å². The molecule has 0 spiro atoms. The standard InChI is InChI=1S/C16H21N3O/c1-19-12-13(10-18-19)8-9-20-16-5-3-2-4-14(16)11-17-15-6-7-15/h2-5,10,12,15,17H,6-9,11H2,1H3. The summed E-state index contributed by atoms with van der Waals surface area (Å²) in [4.78, 5) is 0. The Bertz CT molecular complexity index is 560. The normalized spacial score (nSPS) is 14.4. The largest absolute Gasteiger partial charge is 0.493 e. The summed E-state index contributed by atoms with van der Waals surface area (Å²) in [5, 5.41) is 7.70. The maximum absolute atomic E-state index is 5.93. The van der Waals surface area contributed by atoms with Gasteiger partial charge in [-0.1, -0.05) is 18.2 Å². The zero-order valence-electron chi connectivity index (χ0n) is 11.9.